The molecule has 0 aliphatic carbocycles. The highest BCUT2D eigenvalue weighted by molar-refractivity contribution is 6.33. The monoisotopic (exact) mass is 255 g/mol. The summed E-state index contributed by atoms with van der Waals surface area (Å²) in [6, 6.07) is 6.06. The standard InChI is InChI=1S/C13H22ClN3/c1-15-10-11-6-5-7-12(14)13(11)17(4)9-8-16(2)3/h5-7,15H,8-10H2,1-4H3. The van der Waals surface area contributed by atoms with Gasteiger partial charge in [0.05, 0.1) is 10.7 Å². The fourth-order valence-corrected chi connectivity index (χ4v) is 2.12. The van der Waals surface area contributed by atoms with E-state index in [9.17, 15) is 0 Å². The number of nitrogens with one attached hydrogen (secondary N) is 1. The number of nitrogens with zero attached hydrogens (tertiary/aromatic N) is 2. The maximum Gasteiger partial charge on any atom is 0.0642 e. The van der Waals surface area contributed by atoms with Gasteiger partial charge in [0.1, 0.15) is 0 Å². The Labute approximate surface area is 109 Å². The van der Waals surface area contributed by atoms with E-state index in [4.69, 9.17) is 11.6 Å². The second-order valence-electron chi connectivity index (χ2n) is 4.50. The molecule has 0 aliphatic heterocycles. The minimum absolute atomic E-state index is 0.819. The number of rotatable bonds is 6. The quantitative estimate of drug-likeness (QED) is 0.840. The zero-order valence-corrected chi connectivity index (χ0v) is 11.9. The smallest absolute Gasteiger partial charge is 0.0642 e. The van der Waals surface area contributed by atoms with E-state index in [2.05, 4.69) is 42.3 Å². The van der Waals surface area contributed by atoms with Gasteiger partial charge in [-0.25, -0.2) is 0 Å². The Bertz CT molecular complexity index is 353. The molecule has 17 heavy (non-hydrogen) atoms. The summed E-state index contributed by atoms with van der Waals surface area (Å²) in [5.74, 6) is 0. The van der Waals surface area contributed by atoms with Gasteiger partial charge in [0, 0.05) is 26.7 Å². The van der Waals surface area contributed by atoms with Gasteiger partial charge < -0.3 is 15.1 Å². The van der Waals surface area contributed by atoms with Crippen LogP contribution in [0.1, 0.15) is 5.56 Å². The molecule has 0 unspecified atom stereocenters. The van der Waals surface area contributed by atoms with E-state index in [-0.39, 0.29) is 0 Å². The molecule has 0 bridgehead atoms. The van der Waals surface area contributed by atoms with Gasteiger partial charge in [-0.15, -0.1) is 0 Å². The summed E-state index contributed by atoms with van der Waals surface area (Å²) >= 11 is 6.29. The first-order chi connectivity index (χ1) is 8.06. The summed E-state index contributed by atoms with van der Waals surface area (Å²) in [7, 11) is 8.19. The molecule has 96 valence electrons. The summed E-state index contributed by atoms with van der Waals surface area (Å²) in [6.45, 7) is 2.82. The maximum absolute atomic E-state index is 6.29. The van der Waals surface area contributed by atoms with Crippen molar-refractivity contribution in [3.05, 3.63) is 28.8 Å². The van der Waals surface area contributed by atoms with Crippen molar-refractivity contribution in [1.82, 2.24) is 10.2 Å². The van der Waals surface area contributed by atoms with Gasteiger partial charge in [0.25, 0.3) is 0 Å². The van der Waals surface area contributed by atoms with Crippen LogP contribution in [-0.4, -0.2) is 46.2 Å². The lowest BCUT2D eigenvalue weighted by Crippen LogP contribution is -2.29. The zero-order chi connectivity index (χ0) is 12.8. The Morgan fingerprint density at radius 2 is 1.88 bits per heavy atom. The van der Waals surface area contributed by atoms with Crippen LogP contribution in [0.4, 0.5) is 5.69 Å². The summed E-state index contributed by atoms with van der Waals surface area (Å²) < 4.78 is 0. The highest BCUT2D eigenvalue weighted by Gasteiger charge is 2.11. The average Bonchev–Trinajstić information content (AvgIpc) is 2.26. The van der Waals surface area contributed by atoms with Gasteiger partial charge in [-0.2, -0.15) is 0 Å². The van der Waals surface area contributed by atoms with Crippen molar-refractivity contribution >= 4 is 17.3 Å². The van der Waals surface area contributed by atoms with Crippen molar-refractivity contribution in [3.8, 4) is 0 Å². The molecule has 0 aliphatic rings. The van der Waals surface area contributed by atoms with Gasteiger partial charge in [0.15, 0.2) is 0 Å². The van der Waals surface area contributed by atoms with Crippen molar-refractivity contribution in [1.29, 1.82) is 0 Å². The molecule has 1 aromatic rings. The van der Waals surface area contributed by atoms with Crippen molar-refractivity contribution in [3.63, 3.8) is 0 Å². The molecule has 0 fully saturated rings. The normalized spacial score (nSPS) is 10.9. The van der Waals surface area contributed by atoms with Crippen molar-refractivity contribution < 1.29 is 0 Å². The summed E-state index contributed by atoms with van der Waals surface area (Å²) in [6.07, 6.45) is 0. The van der Waals surface area contributed by atoms with Crippen LogP contribution in [0, 0.1) is 0 Å². The van der Waals surface area contributed by atoms with Crippen LogP contribution >= 0.6 is 11.6 Å². The molecule has 1 N–H and O–H groups in total. The van der Waals surface area contributed by atoms with Gasteiger partial charge in [-0.1, -0.05) is 23.7 Å². The third-order valence-electron chi connectivity index (χ3n) is 2.70. The van der Waals surface area contributed by atoms with Crippen LogP contribution in [0.3, 0.4) is 0 Å². The minimum Gasteiger partial charge on any atom is -0.372 e. The van der Waals surface area contributed by atoms with Crippen LogP contribution in [0.25, 0.3) is 0 Å². The predicted molar refractivity (Wildman–Crippen MR) is 76.0 cm³/mol. The fourth-order valence-electron chi connectivity index (χ4n) is 1.78. The number of benzene rings is 1. The van der Waals surface area contributed by atoms with Gasteiger partial charge >= 0.3 is 0 Å². The molecule has 0 atom stereocenters. The first-order valence-electron chi connectivity index (χ1n) is 5.84. The SMILES string of the molecule is CNCc1cccc(Cl)c1N(C)CCN(C)C. The number of hydrogen-bond acceptors (Lipinski definition) is 3. The third-order valence-corrected chi connectivity index (χ3v) is 3.01. The topological polar surface area (TPSA) is 18.5 Å². The second kappa shape index (κ2) is 6.84. The number of hydrogen-bond donors (Lipinski definition) is 1. The molecule has 0 aromatic heterocycles. The Kier molecular flexibility index (Phi) is 5.75. The number of likely N-dealkylation sites (N-methyl/N-ethyl adjacent to an activating group) is 2. The Balaban J connectivity index is 2.86. The molecule has 0 saturated carbocycles. The number of para-hydroxylation sites is 1. The number of halogens is 1. The molecule has 0 radical (unpaired) electrons. The first-order valence-corrected chi connectivity index (χ1v) is 6.22. The molecule has 0 amide bonds. The van der Waals surface area contributed by atoms with E-state index in [1.165, 1.54) is 5.56 Å². The highest BCUT2D eigenvalue weighted by Crippen LogP contribution is 2.28. The van der Waals surface area contributed by atoms with Crippen LogP contribution in [0.2, 0.25) is 5.02 Å². The highest BCUT2D eigenvalue weighted by atomic mass is 35.5. The lowest BCUT2D eigenvalue weighted by Gasteiger charge is -2.25. The molecule has 4 heteroatoms. The van der Waals surface area contributed by atoms with Crippen molar-refractivity contribution in [2.24, 2.45) is 0 Å². The summed E-state index contributed by atoms with van der Waals surface area (Å²) in [4.78, 5) is 4.39. The molecule has 0 heterocycles. The van der Waals surface area contributed by atoms with Crippen LogP contribution in [0.5, 0.6) is 0 Å². The lowest BCUT2D eigenvalue weighted by molar-refractivity contribution is 0.416. The zero-order valence-electron chi connectivity index (χ0n) is 11.1. The Morgan fingerprint density at radius 3 is 2.47 bits per heavy atom. The third kappa shape index (κ3) is 4.19. The van der Waals surface area contributed by atoms with E-state index in [1.807, 2.05) is 19.2 Å². The van der Waals surface area contributed by atoms with Crippen molar-refractivity contribution in [2.75, 3.05) is 46.2 Å². The van der Waals surface area contributed by atoms with E-state index >= 15 is 0 Å². The molecular weight excluding hydrogens is 234 g/mol. The van der Waals surface area contributed by atoms with Crippen LogP contribution in [-0.2, 0) is 6.54 Å². The molecule has 0 saturated heterocycles. The Morgan fingerprint density at radius 1 is 1.18 bits per heavy atom. The average molecular weight is 256 g/mol. The van der Waals surface area contributed by atoms with E-state index in [1.54, 1.807) is 0 Å². The largest absolute Gasteiger partial charge is 0.372 e. The van der Waals surface area contributed by atoms with E-state index in [0.29, 0.717) is 0 Å². The molecule has 0 spiro atoms. The predicted octanol–water partition coefficient (Wildman–Crippen LogP) is 2.06. The maximum atomic E-state index is 6.29. The summed E-state index contributed by atoms with van der Waals surface area (Å²) in [5.41, 5.74) is 2.37. The van der Waals surface area contributed by atoms with E-state index < -0.39 is 0 Å². The van der Waals surface area contributed by atoms with Gasteiger partial charge in [-0.05, 0) is 32.8 Å². The van der Waals surface area contributed by atoms with Gasteiger partial charge in [0.2, 0.25) is 0 Å². The lowest BCUT2D eigenvalue weighted by atomic mass is 10.1. The fraction of sp³-hybridized carbons (Fsp3) is 0.538. The molecular formula is C13H22ClN3. The number of anilines is 1. The molecule has 1 rings (SSSR count). The van der Waals surface area contributed by atoms with Crippen molar-refractivity contribution in [2.45, 2.75) is 6.54 Å². The summed E-state index contributed by atoms with van der Waals surface area (Å²) in [5, 5.41) is 3.99. The molecule has 3 nitrogen and oxygen atoms in total. The van der Waals surface area contributed by atoms with Crippen LogP contribution < -0.4 is 10.2 Å². The molecule has 1 aromatic carbocycles. The second-order valence-corrected chi connectivity index (χ2v) is 4.91. The minimum atomic E-state index is 0.819. The van der Waals surface area contributed by atoms with Crippen LogP contribution in [0.15, 0.2) is 18.2 Å². The first kappa shape index (κ1) is 14.3. The van der Waals surface area contributed by atoms with E-state index in [0.717, 1.165) is 30.3 Å². The Hall–Kier alpha value is -0.770. The van der Waals surface area contributed by atoms with Gasteiger partial charge in [-0.3, -0.25) is 0 Å².